The minimum absolute atomic E-state index is 0.0628. The maximum Gasteiger partial charge on any atom is 0.161 e. The second-order valence-corrected chi connectivity index (χ2v) is 4.57. The van der Waals surface area contributed by atoms with Crippen LogP contribution in [-0.2, 0) is 5.41 Å². The molecule has 3 N–H and O–H groups in total. The molecule has 0 radical (unpaired) electrons. The molecule has 0 amide bonds. The van der Waals surface area contributed by atoms with Crippen molar-refractivity contribution in [2.75, 3.05) is 13.7 Å². The van der Waals surface area contributed by atoms with Crippen molar-refractivity contribution in [1.29, 1.82) is 0 Å². The Hall–Kier alpha value is -1.55. The number of phenolic OH excluding ortho intramolecular Hbond substituents is 1. The molecule has 0 aromatic heterocycles. The molecule has 1 aliphatic rings. The summed E-state index contributed by atoms with van der Waals surface area (Å²) < 4.78 is 5.00. The van der Waals surface area contributed by atoms with Crippen molar-refractivity contribution in [1.82, 2.24) is 0 Å². The molecule has 0 unspecified atom stereocenters. The van der Waals surface area contributed by atoms with E-state index in [0.717, 1.165) is 31.1 Å². The molecule has 0 saturated heterocycles. The van der Waals surface area contributed by atoms with E-state index in [1.165, 1.54) is 7.11 Å². The van der Waals surface area contributed by atoms with Crippen molar-refractivity contribution < 1.29 is 14.6 Å². The zero-order valence-corrected chi connectivity index (χ0v) is 9.90. The molecule has 92 valence electrons. The van der Waals surface area contributed by atoms with Gasteiger partial charge in [-0.15, -0.1) is 0 Å². The molecule has 1 aromatic carbocycles. The van der Waals surface area contributed by atoms with Crippen LogP contribution in [0.25, 0.3) is 0 Å². The smallest absolute Gasteiger partial charge is 0.161 e. The summed E-state index contributed by atoms with van der Waals surface area (Å²) in [6.45, 7) is 0.500. The first-order valence-corrected chi connectivity index (χ1v) is 5.73. The Morgan fingerprint density at radius 3 is 2.65 bits per heavy atom. The lowest BCUT2D eigenvalue weighted by atomic mass is 9.63. The molecule has 0 aliphatic heterocycles. The molecule has 0 atom stereocenters. The van der Waals surface area contributed by atoms with Gasteiger partial charge < -0.3 is 15.6 Å². The van der Waals surface area contributed by atoms with Gasteiger partial charge in [-0.05, 0) is 30.5 Å². The fraction of sp³-hybridized carbons (Fsp3) is 0.462. The number of carbonyl (C=O) groups is 1. The van der Waals surface area contributed by atoms with Gasteiger partial charge in [0.2, 0.25) is 0 Å². The van der Waals surface area contributed by atoms with E-state index in [9.17, 15) is 9.90 Å². The van der Waals surface area contributed by atoms with Gasteiger partial charge in [0, 0.05) is 17.5 Å². The van der Waals surface area contributed by atoms with Gasteiger partial charge in [0.05, 0.1) is 7.11 Å². The first kappa shape index (κ1) is 11.9. The van der Waals surface area contributed by atoms with Crippen LogP contribution in [0.15, 0.2) is 12.1 Å². The number of hydrogen-bond donors (Lipinski definition) is 2. The molecule has 17 heavy (non-hydrogen) atoms. The Labute approximate surface area is 100 Å². The number of rotatable bonds is 4. The molecule has 0 heterocycles. The molecule has 1 fully saturated rings. The first-order valence-electron chi connectivity index (χ1n) is 5.73. The van der Waals surface area contributed by atoms with Crippen molar-refractivity contribution in [3.63, 3.8) is 0 Å². The summed E-state index contributed by atoms with van der Waals surface area (Å²) in [5.74, 6) is 0.384. The Morgan fingerprint density at radius 2 is 2.24 bits per heavy atom. The molecule has 2 rings (SSSR count). The number of nitrogens with two attached hydrogens (primary N) is 1. The van der Waals surface area contributed by atoms with E-state index in [4.69, 9.17) is 10.5 Å². The van der Waals surface area contributed by atoms with Gasteiger partial charge in [-0.1, -0.05) is 6.42 Å². The molecule has 4 heteroatoms. The number of benzene rings is 1. The van der Waals surface area contributed by atoms with E-state index < -0.39 is 0 Å². The third-order valence-corrected chi connectivity index (χ3v) is 3.75. The van der Waals surface area contributed by atoms with Crippen LogP contribution in [0.5, 0.6) is 11.5 Å². The summed E-state index contributed by atoms with van der Waals surface area (Å²) in [7, 11) is 1.46. The van der Waals surface area contributed by atoms with Crippen LogP contribution in [0.2, 0.25) is 0 Å². The van der Waals surface area contributed by atoms with Crippen molar-refractivity contribution in [3.8, 4) is 11.5 Å². The van der Waals surface area contributed by atoms with Gasteiger partial charge >= 0.3 is 0 Å². The first-order chi connectivity index (χ1) is 8.16. The van der Waals surface area contributed by atoms with Crippen molar-refractivity contribution in [2.45, 2.75) is 24.7 Å². The van der Waals surface area contributed by atoms with Crippen LogP contribution in [-0.4, -0.2) is 25.0 Å². The number of aldehydes is 1. The number of methoxy groups -OCH3 is 1. The highest BCUT2D eigenvalue weighted by Gasteiger charge is 2.39. The van der Waals surface area contributed by atoms with Crippen LogP contribution in [0.3, 0.4) is 0 Å². The zero-order chi connectivity index (χ0) is 12.5. The molecular weight excluding hydrogens is 218 g/mol. The third kappa shape index (κ3) is 1.78. The van der Waals surface area contributed by atoms with E-state index in [2.05, 4.69) is 0 Å². The topological polar surface area (TPSA) is 72.5 Å². The summed E-state index contributed by atoms with van der Waals surface area (Å²) >= 11 is 0. The fourth-order valence-electron chi connectivity index (χ4n) is 2.49. The molecule has 1 saturated carbocycles. The number of aromatic hydroxyl groups is 1. The lowest BCUT2D eigenvalue weighted by molar-refractivity contribution is 0.111. The Morgan fingerprint density at radius 1 is 1.53 bits per heavy atom. The van der Waals surface area contributed by atoms with Crippen molar-refractivity contribution >= 4 is 6.29 Å². The van der Waals surface area contributed by atoms with Gasteiger partial charge in [-0.25, -0.2) is 0 Å². The largest absolute Gasteiger partial charge is 0.504 e. The Kier molecular flexibility index (Phi) is 3.07. The average molecular weight is 235 g/mol. The van der Waals surface area contributed by atoms with E-state index in [0.29, 0.717) is 17.9 Å². The van der Waals surface area contributed by atoms with Crippen LogP contribution in [0.1, 0.15) is 35.2 Å². The van der Waals surface area contributed by atoms with Crippen LogP contribution in [0, 0.1) is 0 Å². The summed E-state index contributed by atoms with van der Waals surface area (Å²) in [6.07, 6.45) is 3.85. The van der Waals surface area contributed by atoms with E-state index in [1.807, 2.05) is 0 Å². The standard InChI is InChI=1S/C13H17NO3/c1-17-12-5-9(7-15)10(6-11(12)16)13(8-14)3-2-4-13/h5-7,16H,2-4,8,14H2,1H3. The van der Waals surface area contributed by atoms with Crippen molar-refractivity contribution in [2.24, 2.45) is 5.73 Å². The number of phenols is 1. The number of hydrogen-bond acceptors (Lipinski definition) is 4. The van der Waals surface area contributed by atoms with Crippen LogP contribution >= 0.6 is 0 Å². The molecule has 0 spiro atoms. The SMILES string of the molecule is COc1cc(C=O)c(C2(CN)CCC2)cc1O. The van der Waals surface area contributed by atoms with E-state index >= 15 is 0 Å². The lowest BCUT2D eigenvalue weighted by Crippen LogP contribution is -2.42. The van der Waals surface area contributed by atoms with Gasteiger partial charge in [-0.3, -0.25) is 4.79 Å². The second kappa shape index (κ2) is 4.37. The monoisotopic (exact) mass is 235 g/mol. The predicted octanol–water partition coefficient (Wildman–Crippen LogP) is 1.59. The minimum Gasteiger partial charge on any atom is -0.504 e. The van der Waals surface area contributed by atoms with E-state index in [1.54, 1.807) is 12.1 Å². The van der Waals surface area contributed by atoms with E-state index in [-0.39, 0.29) is 11.2 Å². The molecule has 0 bridgehead atoms. The molecule has 1 aromatic rings. The quantitative estimate of drug-likeness (QED) is 0.777. The highest BCUT2D eigenvalue weighted by atomic mass is 16.5. The fourth-order valence-corrected chi connectivity index (χ4v) is 2.49. The molecule has 4 nitrogen and oxygen atoms in total. The lowest BCUT2D eigenvalue weighted by Gasteiger charge is -2.42. The number of carbonyl (C=O) groups excluding carboxylic acids is 1. The summed E-state index contributed by atoms with van der Waals surface area (Å²) in [5.41, 5.74) is 7.08. The summed E-state index contributed by atoms with van der Waals surface area (Å²) in [4.78, 5) is 11.1. The Balaban J connectivity index is 2.53. The normalized spacial score (nSPS) is 17.3. The number of ether oxygens (including phenoxy) is 1. The third-order valence-electron chi connectivity index (χ3n) is 3.75. The molecular formula is C13H17NO3. The van der Waals surface area contributed by atoms with Crippen LogP contribution in [0.4, 0.5) is 0 Å². The summed E-state index contributed by atoms with van der Waals surface area (Å²) in [6, 6.07) is 3.20. The highest BCUT2D eigenvalue weighted by molar-refractivity contribution is 5.80. The van der Waals surface area contributed by atoms with Gasteiger partial charge in [0.25, 0.3) is 0 Å². The maximum absolute atomic E-state index is 11.1. The molecule has 1 aliphatic carbocycles. The maximum atomic E-state index is 11.1. The highest BCUT2D eigenvalue weighted by Crippen LogP contribution is 2.46. The van der Waals surface area contributed by atoms with Crippen LogP contribution < -0.4 is 10.5 Å². The van der Waals surface area contributed by atoms with Gasteiger partial charge in [-0.2, -0.15) is 0 Å². The summed E-state index contributed by atoms with van der Waals surface area (Å²) in [5, 5.41) is 9.81. The predicted molar refractivity (Wildman–Crippen MR) is 64.6 cm³/mol. The Bertz CT molecular complexity index is 433. The average Bonchev–Trinajstić information content (AvgIpc) is 2.29. The zero-order valence-electron chi connectivity index (χ0n) is 9.90. The minimum atomic E-state index is -0.139. The van der Waals surface area contributed by atoms with Gasteiger partial charge in [0.1, 0.15) is 6.29 Å². The van der Waals surface area contributed by atoms with Crippen molar-refractivity contribution in [3.05, 3.63) is 23.3 Å². The second-order valence-electron chi connectivity index (χ2n) is 4.57. The van der Waals surface area contributed by atoms with Gasteiger partial charge in [0.15, 0.2) is 11.5 Å².